The Morgan fingerprint density at radius 3 is 2.41 bits per heavy atom. The van der Waals surface area contributed by atoms with Gasteiger partial charge in [0.2, 0.25) is 0 Å². The molecule has 1 amide bonds. The first kappa shape index (κ1) is 17.6. The second-order valence-electron chi connectivity index (χ2n) is 7.07. The highest BCUT2D eigenvalue weighted by atomic mass is 16.5. The van der Waals surface area contributed by atoms with Crippen molar-refractivity contribution >= 4 is 16.7 Å². The highest BCUT2D eigenvalue weighted by Crippen LogP contribution is 2.33. The number of hydrogen-bond acceptors (Lipinski definition) is 2. The average Bonchev–Trinajstić information content (AvgIpc) is 2.74. The van der Waals surface area contributed by atoms with Crippen LogP contribution in [-0.2, 0) is 0 Å². The van der Waals surface area contributed by atoms with E-state index in [-0.39, 0.29) is 5.91 Å². The van der Waals surface area contributed by atoms with Gasteiger partial charge in [0.15, 0.2) is 0 Å². The lowest BCUT2D eigenvalue weighted by molar-refractivity contribution is 0.0711. The number of amides is 1. The lowest BCUT2D eigenvalue weighted by Gasteiger charge is -2.33. The van der Waals surface area contributed by atoms with E-state index >= 15 is 0 Å². The number of carbonyl (C=O) groups is 1. The molecule has 3 heteroatoms. The maximum atomic E-state index is 13.4. The van der Waals surface area contributed by atoms with E-state index in [1.165, 1.54) is 5.56 Å². The molecule has 3 nitrogen and oxygen atoms in total. The fourth-order valence-electron chi connectivity index (χ4n) is 4.05. The summed E-state index contributed by atoms with van der Waals surface area (Å²) in [6, 6.07) is 22.6. The Bertz CT molecular complexity index is 928. The van der Waals surface area contributed by atoms with Crippen molar-refractivity contribution in [2.24, 2.45) is 0 Å². The second-order valence-corrected chi connectivity index (χ2v) is 7.07. The molecule has 1 saturated heterocycles. The zero-order valence-corrected chi connectivity index (χ0v) is 15.7. The van der Waals surface area contributed by atoms with Crippen LogP contribution in [0.4, 0.5) is 0 Å². The first-order valence-electron chi connectivity index (χ1n) is 9.76. The third kappa shape index (κ3) is 3.55. The molecule has 27 heavy (non-hydrogen) atoms. The Balaban J connectivity index is 1.59. The van der Waals surface area contributed by atoms with Gasteiger partial charge in [0, 0.05) is 13.1 Å². The molecule has 0 aromatic heterocycles. The minimum atomic E-state index is 0.0850. The average molecular weight is 359 g/mol. The van der Waals surface area contributed by atoms with Crippen LogP contribution in [0.3, 0.4) is 0 Å². The van der Waals surface area contributed by atoms with E-state index in [4.69, 9.17) is 4.74 Å². The molecule has 1 aliphatic rings. The van der Waals surface area contributed by atoms with Gasteiger partial charge in [0.1, 0.15) is 5.75 Å². The number of piperidine rings is 1. The van der Waals surface area contributed by atoms with Crippen molar-refractivity contribution in [2.45, 2.75) is 25.7 Å². The predicted octanol–water partition coefficient (Wildman–Crippen LogP) is 5.26. The Labute approximate surface area is 160 Å². The zero-order valence-electron chi connectivity index (χ0n) is 15.7. The summed E-state index contributed by atoms with van der Waals surface area (Å²) in [5.41, 5.74) is 2.08. The molecule has 4 rings (SSSR count). The summed E-state index contributed by atoms with van der Waals surface area (Å²) in [6.07, 6.45) is 2.01. The zero-order chi connectivity index (χ0) is 18.6. The van der Waals surface area contributed by atoms with Crippen LogP contribution in [0, 0.1) is 0 Å². The van der Waals surface area contributed by atoms with Crippen LogP contribution in [-0.4, -0.2) is 30.5 Å². The van der Waals surface area contributed by atoms with Gasteiger partial charge in [-0.3, -0.25) is 4.79 Å². The topological polar surface area (TPSA) is 29.5 Å². The minimum Gasteiger partial charge on any atom is -0.493 e. The fraction of sp³-hybridized carbons (Fsp3) is 0.292. The quantitative estimate of drug-likeness (QED) is 0.636. The van der Waals surface area contributed by atoms with E-state index in [1.54, 1.807) is 0 Å². The molecule has 0 unspecified atom stereocenters. The summed E-state index contributed by atoms with van der Waals surface area (Å²) in [7, 11) is 0. The van der Waals surface area contributed by atoms with Crippen LogP contribution in [0.2, 0.25) is 0 Å². The summed E-state index contributed by atoms with van der Waals surface area (Å²) >= 11 is 0. The number of carbonyl (C=O) groups excluding carboxylic acids is 1. The van der Waals surface area contributed by atoms with Crippen LogP contribution in [0.1, 0.15) is 41.6 Å². The second kappa shape index (κ2) is 7.83. The van der Waals surface area contributed by atoms with Gasteiger partial charge in [-0.1, -0.05) is 60.7 Å². The molecule has 0 atom stereocenters. The Kier molecular flexibility index (Phi) is 5.10. The number of rotatable bonds is 4. The summed E-state index contributed by atoms with van der Waals surface area (Å²) in [5.74, 6) is 1.31. The van der Waals surface area contributed by atoms with Crippen LogP contribution in [0.5, 0.6) is 5.75 Å². The first-order chi connectivity index (χ1) is 13.3. The molecular weight excluding hydrogens is 334 g/mol. The van der Waals surface area contributed by atoms with Gasteiger partial charge in [0.25, 0.3) is 5.91 Å². The van der Waals surface area contributed by atoms with Crippen molar-refractivity contribution < 1.29 is 9.53 Å². The van der Waals surface area contributed by atoms with Crippen molar-refractivity contribution in [3.05, 3.63) is 77.9 Å². The van der Waals surface area contributed by atoms with Crippen LogP contribution < -0.4 is 4.74 Å². The number of hydrogen-bond donors (Lipinski definition) is 0. The van der Waals surface area contributed by atoms with Gasteiger partial charge in [-0.15, -0.1) is 0 Å². The molecule has 0 saturated carbocycles. The largest absolute Gasteiger partial charge is 0.493 e. The monoisotopic (exact) mass is 359 g/mol. The maximum Gasteiger partial charge on any atom is 0.258 e. The van der Waals surface area contributed by atoms with E-state index in [9.17, 15) is 4.79 Å². The molecule has 0 bridgehead atoms. The molecule has 1 fully saturated rings. The number of ether oxygens (including phenoxy) is 1. The molecule has 0 aliphatic carbocycles. The SMILES string of the molecule is CCOc1ccc2ccccc2c1C(=O)N1CCC(c2ccccc2)CC1. The van der Waals surface area contributed by atoms with Crippen LogP contribution in [0.15, 0.2) is 66.7 Å². The molecule has 138 valence electrons. The van der Waals surface area contributed by atoms with E-state index in [0.717, 1.165) is 36.7 Å². The van der Waals surface area contributed by atoms with E-state index < -0.39 is 0 Å². The van der Waals surface area contributed by atoms with Crippen molar-refractivity contribution in [3.8, 4) is 5.75 Å². The standard InChI is InChI=1S/C24H25NO2/c1-2-27-22-13-12-20-10-6-7-11-21(20)23(22)24(26)25-16-14-19(15-17-25)18-8-4-3-5-9-18/h3-13,19H,2,14-17H2,1H3. The normalized spacial score (nSPS) is 15.1. The predicted molar refractivity (Wildman–Crippen MR) is 109 cm³/mol. The lowest BCUT2D eigenvalue weighted by atomic mass is 9.89. The number of likely N-dealkylation sites (tertiary alicyclic amines) is 1. The van der Waals surface area contributed by atoms with Crippen molar-refractivity contribution in [1.29, 1.82) is 0 Å². The Morgan fingerprint density at radius 2 is 1.67 bits per heavy atom. The van der Waals surface area contributed by atoms with E-state index in [2.05, 4.69) is 30.3 Å². The molecule has 0 spiro atoms. The van der Waals surface area contributed by atoms with Crippen LogP contribution >= 0.6 is 0 Å². The summed E-state index contributed by atoms with van der Waals surface area (Å²) < 4.78 is 5.80. The summed E-state index contributed by atoms with van der Waals surface area (Å²) in [4.78, 5) is 15.4. The number of nitrogens with zero attached hydrogens (tertiary/aromatic N) is 1. The van der Waals surface area contributed by atoms with Gasteiger partial charge in [-0.25, -0.2) is 0 Å². The van der Waals surface area contributed by atoms with Gasteiger partial charge >= 0.3 is 0 Å². The Morgan fingerprint density at radius 1 is 0.963 bits per heavy atom. The summed E-state index contributed by atoms with van der Waals surface area (Å²) in [6.45, 7) is 4.07. The molecule has 0 radical (unpaired) electrons. The highest BCUT2D eigenvalue weighted by molar-refractivity contribution is 6.09. The van der Waals surface area contributed by atoms with Crippen molar-refractivity contribution in [3.63, 3.8) is 0 Å². The maximum absolute atomic E-state index is 13.4. The minimum absolute atomic E-state index is 0.0850. The Hall–Kier alpha value is -2.81. The molecule has 3 aromatic carbocycles. The third-order valence-corrected chi connectivity index (χ3v) is 5.46. The fourth-order valence-corrected chi connectivity index (χ4v) is 4.05. The molecule has 0 N–H and O–H groups in total. The van der Waals surface area contributed by atoms with Crippen molar-refractivity contribution in [1.82, 2.24) is 4.90 Å². The molecule has 3 aromatic rings. The molecular formula is C24H25NO2. The number of benzene rings is 3. The van der Waals surface area contributed by atoms with Crippen molar-refractivity contribution in [2.75, 3.05) is 19.7 Å². The van der Waals surface area contributed by atoms with Gasteiger partial charge in [-0.05, 0) is 48.1 Å². The van der Waals surface area contributed by atoms with Gasteiger partial charge < -0.3 is 9.64 Å². The third-order valence-electron chi connectivity index (χ3n) is 5.46. The first-order valence-corrected chi connectivity index (χ1v) is 9.76. The van der Waals surface area contributed by atoms with E-state index in [1.807, 2.05) is 48.2 Å². The van der Waals surface area contributed by atoms with Gasteiger partial charge in [-0.2, -0.15) is 0 Å². The van der Waals surface area contributed by atoms with Crippen LogP contribution in [0.25, 0.3) is 10.8 Å². The summed E-state index contributed by atoms with van der Waals surface area (Å²) in [5, 5.41) is 2.04. The van der Waals surface area contributed by atoms with E-state index in [0.29, 0.717) is 23.8 Å². The lowest BCUT2D eigenvalue weighted by Crippen LogP contribution is -2.38. The molecule has 1 heterocycles. The number of fused-ring (bicyclic) bond motifs is 1. The smallest absolute Gasteiger partial charge is 0.258 e. The van der Waals surface area contributed by atoms with Gasteiger partial charge in [0.05, 0.1) is 12.2 Å². The molecule has 1 aliphatic heterocycles. The highest BCUT2D eigenvalue weighted by Gasteiger charge is 2.27.